The number of hydrogen-bond donors (Lipinski definition) is 2. The highest BCUT2D eigenvalue weighted by Gasteiger charge is 2.43. The topological polar surface area (TPSA) is 139 Å². The molecule has 204 valence electrons. The minimum Gasteiger partial charge on any atom is -0.465 e. The Kier molecular flexibility index (Phi) is 6.47. The van der Waals surface area contributed by atoms with E-state index in [1.54, 1.807) is 0 Å². The fourth-order valence-electron chi connectivity index (χ4n) is 5.18. The lowest BCUT2D eigenvalue weighted by Gasteiger charge is -2.37. The molecule has 0 aromatic carbocycles. The van der Waals surface area contributed by atoms with Gasteiger partial charge in [-0.15, -0.1) is 0 Å². The Morgan fingerprint density at radius 2 is 1.89 bits per heavy atom. The second kappa shape index (κ2) is 9.51. The van der Waals surface area contributed by atoms with Gasteiger partial charge in [-0.05, 0) is 42.5 Å². The van der Waals surface area contributed by atoms with E-state index in [-0.39, 0.29) is 60.7 Å². The van der Waals surface area contributed by atoms with E-state index in [9.17, 15) is 32.3 Å². The number of amides is 2. The summed E-state index contributed by atoms with van der Waals surface area (Å²) in [6.45, 7) is 1.21. The lowest BCUT2D eigenvalue weighted by molar-refractivity contribution is -0.0723. The number of hydrogen-bond acceptors (Lipinski definition) is 7. The number of rotatable bonds is 5. The smallest absolute Gasteiger partial charge is 0.407 e. The summed E-state index contributed by atoms with van der Waals surface area (Å²) < 4.78 is 62.0. The van der Waals surface area contributed by atoms with Crippen molar-refractivity contribution in [2.24, 2.45) is 5.92 Å². The SMILES string of the molecule is Cc1nonc1C(=O)N[C@H](c1cn2ncc(C3CC(F)(F)CCN3C(=O)O)cc2n1)C1CCC(F)(F)CC1. The van der Waals surface area contributed by atoms with Crippen LogP contribution in [0.1, 0.15) is 78.0 Å². The van der Waals surface area contributed by atoms with Gasteiger partial charge in [-0.25, -0.2) is 36.5 Å². The molecular weight excluding hydrogens is 514 g/mol. The van der Waals surface area contributed by atoms with Gasteiger partial charge in [-0.3, -0.25) is 4.79 Å². The van der Waals surface area contributed by atoms with Crippen molar-refractivity contribution in [3.63, 3.8) is 0 Å². The molecule has 2 N–H and O–H groups in total. The zero-order valence-corrected chi connectivity index (χ0v) is 20.3. The third-order valence-corrected chi connectivity index (χ3v) is 7.28. The van der Waals surface area contributed by atoms with Gasteiger partial charge in [0.1, 0.15) is 5.69 Å². The van der Waals surface area contributed by atoms with Crippen molar-refractivity contribution in [3.05, 3.63) is 41.1 Å². The van der Waals surface area contributed by atoms with Crippen molar-refractivity contribution in [1.29, 1.82) is 0 Å². The number of alkyl halides is 4. The van der Waals surface area contributed by atoms with Crippen LogP contribution in [0.15, 0.2) is 23.1 Å². The zero-order chi connectivity index (χ0) is 27.2. The van der Waals surface area contributed by atoms with Gasteiger partial charge in [0.25, 0.3) is 11.8 Å². The molecule has 15 heteroatoms. The van der Waals surface area contributed by atoms with Crippen molar-refractivity contribution >= 4 is 17.6 Å². The van der Waals surface area contributed by atoms with Crippen LogP contribution in [0.5, 0.6) is 0 Å². The molecule has 1 saturated heterocycles. The molecule has 3 aromatic rings. The van der Waals surface area contributed by atoms with Crippen LogP contribution in [-0.4, -0.2) is 65.3 Å². The molecule has 3 aromatic heterocycles. The lowest BCUT2D eigenvalue weighted by atomic mass is 9.81. The van der Waals surface area contributed by atoms with Crippen LogP contribution < -0.4 is 5.32 Å². The van der Waals surface area contributed by atoms with Crippen molar-refractivity contribution in [2.75, 3.05) is 6.54 Å². The lowest BCUT2D eigenvalue weighted by Crippen LogP contribution is -2.44. The predicted molar refractivity (Wildman–Crippen MR) is 121 cm³/mol. The Labute approximate surface area is 213 Å². The molecule has 0 bridgehead atoms. The number of halogens is 4. The van der Waals surface area contributed by atoms with E-state index in [1.807, 2.05) is 0 Å². The summed E-state index contributed by atoms with van der Waals surface area (Å²) >= 11 is 0. The van der Waals surface area contributed by atoms with E-state index in [2.05, 4.69) is 30.3 Å². The number of piperidine rings is 1. The number of carboxylic acid groups (broad SMARTS) is 1. The Morgan fingerprint density at radius 1 is 1.16 bits per heavy atom. The van der Waals surface area contributed by atoms with E-state index in [4.69, 9.17) is 0 Å². The second-order valence-electron chi connectivity index (χ2n) is 9.90. The van der Waals surface area contributed by atoms with E-state index in [1.165, 1.54) is 29.9 Å². The Bertz CT molecular complexity index is 1350. The number of nitrogens with zero attached hydrogens (tertiary/aromatic N) is 6. The van der Waals surface area contributed by atoms with Crippen LogP contribution in [0.25, 0.3) is 5.65 Å². The molecule has 1 saturated carbocycles. The predicted octanol–water partition coefficient (Wildman–Crippen LogP) is 4.17. The number of carbonyl (C=O) groups is 2. The van der Waals surface area contributed by atoms with Gasteiger partial charge in [0.15, 0.2) is 11.3 Å². The molecule has 2 atom stereocenters. The van der Waals surface area contributed by atoms with Gasteiger partial charge >= 0.3 is 6.09 Å². The Balaban J connectivity index is 1.47. The molecule has 5 rings (SSSR count). The van der Waals surface area contributed by atoms with Crippen LogP contribution in [0.3, 0.4) is 0 Å². The van der Waals surface area contributed by atoms with Gasteiger partial charge in [-0.1, -0.05) is 5.16 Å². The Morgan fingerprint density at radius 3 is 2.55 bits per heavy atom. The summed E-state index contributed by atoms with van der Waals surface area (Å²) in [5.74, 6) is -6.80. The molecular formula is C23H25F4N7O4. The summed E-state index contributed by atoms with van der Waals surface area (Å²) in [6, 6.07) is -0.431. The summed E-state index contributed by atoms with van der Waals surface area (Å²) in [5, 5.41) is 23.8. The van der Waals surface area contributed by atoms with E-state index in [0.29, 0.717) is 5.69 Å². The van der Waals surface area contributed by atoms with Crippen molar-refractivity contribution in [1.82, 2.24) is 35.1 Å². The largest absolute Gasteiger partial charge is 0.465 e. The number of aryl methyl sites for hydroxylation is 1. The highest BCUT2D eigenvalue weighted by Crippen LogP contribution is 2.42. The van der Waals surface area contributed by atoms with Crippen LogP contribution in [0, 0.1) is 12.8 Å². The molecule has 2 amide bonds. The first-order chi connectivity index (χ1) is 17.9. The van der Waals surface area contributed by atoms with Crippen molar-refractivity contribution in [3.8, 4) is 0 Å². The second-order valence-corrected chi connectivity index (χ2v) is 9.90. The molecule has 38 heavy (non-hydrogen) atoms. The molecule has 0 radical (unpaired) electrons. The number of aromatic nitrogens is 5. The maximum atomic E-state index is 14.2. The van der Waals surface area contributed by atoms with Crippen molar-refractivity contribution in [2.45, 2.75) is 69.4 Å². The fourth-order valence-corrected chi connectivity index (χ4v) is 5.18. The first-order valence-electron chi connectivity index (χ1n) is 12.1. The van der Waals surface area contributed by atoms with Gasteiger partial charge < -0.3 is 15.3 Å². The fraction of sp³-hybridized carbons (Fsp3) is 0.565. The maximum absolute atomic E-state index is 14.2. The van der Waals surface area contributed by atoms with Crippen LogP contribution in [0.4, 0.5) is 22.4 Å². The molecule has 2 aliphatic rings. The minimum absolute atomic E-state index is 0.0488. The monoisotopic (exact) mass is 539 g/mol. The third-order valence-electron chi connectivity index (χ3n) is 7.28. The van der Waals surface area contributed by atoms with E-state index in [0.717, 1.165) is 4.90 Å². The quantitative estimate of drug-likeness (QED) is 0.461. The van der Waals surface area contributed by atoms with Crippen LogP contribution >= 0.6 is 0 Å². The van der Waals surface area contributed by atoms with Crippen LogP contribution in [0.2, 0.25) is 0 Å². The highest BCUT2D eigenvalue weighted by atomic mass is 19.3. The molecule has 2 fully saturated rings. The zero-order valence-electron chi connectivity index (χ0n) is 20.3. The molecule has 1 aliphatic carbocycles. The molecule has 1 unspecified atom stereocenters. The third kappa shape index (κ3) is 5.13. The Hall–Kier alpha value is -3.78. The minimum atomic E-state index is -3.03. The van der Waals surface area contributed by atoms with Gasteiger partial charge in [0.2, 0.25) is 5.92 Å². The maximum Gasteiger partial charge on any atom is 0.407 e. The molecule has 11 nitrogen and oxygen atoms in total. The molecule has 4 heterocycles. The van der Waals surface area contributed by atoms with Gasteiger partial charge in [-0.2, -0.15) is 5.10 Å². The average molecular weight is 539 g/mol. The summed E-state index contributed by atoms with van der Waals surface area (Å²) in [7, 11) is 0. The van der Waals surface area contributed by atoms with Gasteiger partial charge in [0.05, 0.1) is 30.2 Å². The highest BCUT2D eigenvalue weighted by molar-refractivity contribution is 5.93. The summed E-state index contributed by atoms with van der Waals surface area (Å²) in [6.07, 6.45) is -0.169. The normalized spacial score (nSPS) is 22.3. The van der Waals surface area contributed by atoms with Crippen LogP contribution in [-0.2, 0) is 0 Å². The first kappa shape index (κ1) is 25.9. The number of likely N-dealkylation sites (tertiary alicyclic amines) is 1. The summed E-state index contributed by atoms with van der Waals surface area (Å²) in [5.41, 5.74) is 1.02. The number of imidazole rings is 1. The number of carbonyl (C=O) groups excluding carboxylic acids is 1. The van der Waals surface area contributed by atoms with Crippen molar-refractivity contribution < 1.29 is 36.9 Å². The first-order valence-corrected chi connectivity index (χ1v) is 12.1. The molecule has 1 aliphatic heterocycles. The average Bonchev–Trinajstić information content (AvgIpc) is 3.47. The molecule has 0 spiro atoms. The number of fused-ring (bicyclic) bond motifs is 1. The number of nitrogens with one attached hydrogen (secondary N) is 1. The van der Waals surface area contributed by atoms with E-state index < -0.39 is 48.8 Å². The summed E-state index contributed by atoms with van der Waals surface area (Å²) in [4.78, 5) is 30.1. The van der Waals surface area contributed by atoms with Gasteiger partial charge in [0, 0.05) is 32.2 Å². The van der Waals surface area contributed by atoms with E-state index >= 15 is 0 Å². The standard InChI is InChI=1S/C23H25F4N7O4/c1-12-18(32-38-31-12)20(35)30-19(13-2-4-22(24,25)5-3-13)15-11-34-17(29-15)8-14(10-28-34)16-9-23(26,27)6-7-33(16)21(36)37/h8,10-11,13,16,19H,2-7,9H2,1H3,(H,30,35)(H,36,37)/t16?,19-/m0/s1.